The molecule has 1 aliphatic carbocycles. The van der Waals surface area contributed by atoms with Crippen LogP contribution in [0.4, 0.5) is 26.3 Å². The Morgan fingerprint density at radius 3 is 1.71 bits per heavy atom. The maximum atomic E-state index is 12.2. The molecule has 0 fully saturated rings. The van der Waals surface area contributed by atoms with Crippen LogP contribution in [0.5, 0.6) is 0 Å². The van der Waals surface area contributed by atoms with Gasteiger partial charge in [-0.15, -0.1) is 0 Å². The van der Waals surface area contributed by atoms with Crippen molar-refractivity contribution in [2.45, 2.75) is 22.1 Å². The van der Waals surface area contributed by atoms with E-state index in [1.807, 2.05) is 0 Å². The van der Waals surface area contributed by atoms with Crippen LogP contribution in [-0.2, 0) is 19.1 Å². The largest absolute Gasteiger partial charge is 0.491 e. The SMILES string of the molecule is O=C(OC1(OC(=O)C(F)(F)F)C=CC=CC1I)C(F)(F)F. The first-order valence-electron chi connectivity index (χ1n) is 4.99. The van der Waals surface area contributed by atoms with Gasteiger partial charge in [-0.25, -0.2) is 9.59 Å². The molecule has 0 heterocycles. The van der Waals surface area contributed by atoms with Gasteiger partial charge in [0.1, 0.15) is 3.92 Å². The first-order valence-corrected chi connectivity index (χ1v) is 6.23. The van der Waals surface area contributed by atoms with E-state index in [1.165, 1.54) is 28.7 Å². The quantitative estimate of drug-likeness (QED) is 0.223. The second kappa shape index (κ2) is 5.85. The fourth-order valence-electron chi connectivity index (χ4n) is 1.18. The Morgan fingerprint density at radius 1 is 0.952 bits per heavy atom. The predicted molar refractivity (Wildman–Crippen MR) is 63.1 cm³/mol. The minimum absolute atomic E-state index is 0.622. The molecule has 0 N–H and O–H groups in total. The van der Waals surface area contributed by atoms with Crippen molar-refractivity contribution in [1.82, 2.24) is 0 Å². The van der Waals surface area contributed by atoms with Crippen LogP contribution >= 0.6 is 22.6 Å². The summed E-state index contributed by atoms with van der Waals surface area (Å²) in [6, 6.07) is 0. The van der Waals surface area contributed by atoms with Crippen molar-refractivity contribution in [2.75, 3.05) is 0 Å². The van der Waals surface area contributed by atoms with E-state index in [0.717, 1.165) is 12.2 Å². The number of ether oxygens (including phenoxy) is 2. The van der Waals surface area contributed by atoms with Gasteiger partial charge in [-0.3, -0.25) is 0 Å². The number of hydrogen-bond donors (Lipinski definition) is 0. The first-order chi connectivity index (χ1) is 9.38. The molecule has 4 nitrogen and oxygen atoms in total. The average molecular weight is 430 g/mol. The third-order valence-electron chi connectivity index (χ3n) is 2.07. The molecule has 0 saturated heterocycles. The lowest BCUT2D eigenvalue weighted by Gasteiger charge is -2.34. The molecular weight excluding hydrogens is 425 g/mol. The van der Waals surface area contributed by atoms with Gasteiger partial charge in [0.2, 0.25) is 0 Å². The van der Waals surface area contributed by atoms with Gasteiger partial charge in [0.25, 0.3) is 5.79 Å². The fourth-order valence-corrected chi connectivity index (χ4v) is 1.89. The zero-order valence-electron chi connectivity index (χ0n) is 9.67. The molecule has 1 aliphatic rings. The monoisotopic (exact) mass is 430 g/mol. The minimum Gasteiger partial charge on any atom is -0.410 e. The van der Waals surface area contributed by atoms with Gasteiger partial charge >= 0.3 is 24.3 Å². The average Bonchev–Trinajstić information content (AvgIpc) is 2.30. The lowest BCUT2D eigenvalue weighted by atomic mass is 10.1. The summed E-state index contributed by atoms with van der Waals surface area (Å²) in [5.74, 6) is -8.38. The number of esters is 2. The summed E-state index contributed by atoms with van der Waals surface area (Å²) in [6.07, 6.45) is -6.92. The van der Waals surface area contributed by atoms with Gasteiger partial charge in [0, 0.05) is 6.08 Å². The van der Waals surface area contributed by atoms with E-state index in [9.17, 15) is 35.9 Å². The van der Waals surface area contributed by atoms with Gasteiger partial charge in [-0.2, -0.15) is 26.3 Å². The van der Waals surface area contributed by atoms with Crippen LogP contribution in [0.1, 0.15) is 0 Å². The standard InChI is InChI=1S/C10H5F6IO4/c11-9(12,13)6(18)20-8(4-2-1-3-5(8)17)21-7(19)10(14,15)16/h1-5H. The van der Waals surface area contributed by atoms with Crippen LogP contribution in [0.25, 0.3) is 0 Å². The Kier molecular flexibility index (Phi) is 4.95. The number of halogens is 7. The van der Waals surface area contributed by atoms with Gasteiger partial charge in [-0.05, 0) is 0 Å². The Balaban J connectivity index is 3.08. The molecule has 0 aliphatic heterocycles. The molecule has 0 spiro atoms. The van der Waals surface area contributed by atoms with Gasteiger partial charge < -0.3 is 9.47 Å². The highest BCUT2D eigenvalue weighted by Crippen LogP contribution is 2.35. The predicted octanol–water partition coefficient (Wildman–Crippen LogP) is 2.82. The summed E-state index contributed by atoms with van der Waals surface area (Å²) < 4.78 is 79.8. The topological polar surface area (TPSA) is 52.6 Å². The fraction of sp³-hybridized carbons (Fsp3) is 0.400. The Hall–Kier alpha value is -1.27. The number of rotatable bonds is 2. The molecule has 0 aromatic carbocycles. The molecular formula is C10H5F6IO4. The molecule has 0 aromatic heterocycles. The van der Waals surface area contributed by atoms with Crippen molar-refractivity contribution in [3.05, 3.63) is 24.3 Å². The van der Waals surface area contributed by atoms with E-state index in [1.54, 1.807) is 0 Å². The molecule has 1 rings (SSSR count). The summed E-state index contributed by atoms with van der Waals surface area (Å²) in [5, 5.41) is 0. The summed E-state index contributed by atoms with van der Waals surface area (Å²) in [6.45, 7) is 0. The lowest BCUT2D eigenvalue weighted by molar-refractivity contribution is -0.257. The van der Waals surface area contributed by atoms with Crippen LogP contribution in [0.2, 0.25) is 0 Å². The lowest BCUT2D eigenvalue weighted by Crippen LogP contribution is -2.50. The molecule has 21 heavy (non-hydrogen) atoms. The van der Waals surface area contributed by atoms with Crippen LogP contribution in [0.15, 0.2) is 24.3 Å². The van der Waals surface area contributed by atoms with E-state index < -0.39 is 34.0 Å². The molecule has 11 heteroatoms. The maximum absolute atomic E-state index is 12.2. The Bertz CT molecular complexity index is 465. The van der Waals surface area contributed by atoms with E-state index >= 15 is 0 Å². The maximum Gasteiger partial charge on any atom is 0.491 e. The van der Waals surface area contributed by atoms with Crippen molar-refractivity contribution in [3.8, 4) is 0 Å². The smallest absolute Gasteiger partial charge is 0.410 e. The number of carbonyl (C=O) groups is 2. The van der Waals surface area contributed by atoms with E-state index in [0.29, 0.717) is 6.08 Å². The second-order valence-corrected chi connectivity index (χ2v) is 4.98. The van der Waals surface area contributed by atoms with Crippen LogP contribution in [0.3, 0.4) is 0 Å². The molecule has 0 aromatic rings. The van der Waals surface area contributed by atoms with Crippen LogP contribution in [-0.4, -0.2) is 34.0 Å². The van der Waals surface area contributed by atoms with Crippen LogP contribution in [0, 0.1) is 0 Å². The second-order valence-electron chi connectivity index (χ2n) is 3.64. The number of allylic oxidation sites excluding steroid dienone is 2. The van der Waals surface area contributed by atoms with Gasteiger partial charge in [0.05, 0.1) is 0 Å². The van der Waals surface area contributed by atoms with Crippen molar-refractivity contribution in [3.63, 3.8) is 0 Å². The van der Waals surface area contributed by atoms with Crippen LogP contribution < -0.4 is 0 Å². The molecule has 0 saturated carbocycles. The van der Waals surface area contributed by atoms with Crippen molar-refractivity contribution in [1.29, 1.82) is 0 Å². The summed E-state index contributed by atoms with van der Waals surface area (Å²) >= 11 is 1.37. The van der Waals surface area contributed by atoms with Gasteiger partial charge in [0.15, 0.2) is 0 Å². The van der Waals surface area contributed by atoms with E-state index in [2.05, 4.69) is 9.47 Å². The molecule has 0 radical (unpaired) electrons. The van der Waals surface area contributed by atoms with Crippen molar-refractivity contribution in [2.24, 2.45) is 0 Å². The highest BCUT2D eigenvalue weighted by atomic mass is 127. The summed E-state index contributed by atoms with van der Waals surface area (Å²) in [4.78, 5) is 21.7. The molecule has 1 unspecified atom stereocenters. The molecule has 0 amide bonds. The highest BCUT2D eigenvalue weighted by molar-refractivity contribution is 14.1. The first kappa shape index (κ1) is 17.8. The number of hydrogen-bond acceptors (Lipinski definition) is 4. The minimum atomic E-state index is -5.46. The number of alkyl halides is 7. The third-order valence-corrected chi connectivity index (χ3v) is 3.35. The Morgan fingerprint density at radius 2 is 1.38 bits per heavy atom. The number of carbonyl (C=O) groups excluding carboxylic acids is 2. The van der Waals surface area contributed by atoms with E-state index in [4.69, 9.17) is 0 Å². The molecule has 118 valence electrons. The Labute approximate surface area is 126 Å². The van der Waals surface area contributed by atoms with Crippen molar-refractivity contribution < 1.29 is 45.4 Å². The highest BCUT2D eigenvalue weighted by Gasteiger charge is 2.54. The third kappa shape index (κ3) is 4.35. The zero-order valence-corrected chi connectivity index (χ0v) is 11.8. The zero-order chi connectivity index (χ0) is 16.5. The summed E-state index contributed by atoms with van der Waals surface area (Å²) in [7, 11) is 0. The van der Waals surface area contributed by atoms with Gasteiger partial charge in [-0.1, -0.05) is 40.8 Å². The van der Waals surface area contributed by atoms with Crippen molar-refractivity contribution >= 4 is 34.5 Å². The van der Waals surface area contributed by atoms with E-state index in [-0.39, 0.29) is 0 Å². The molecule has 1 atom stereocenters. The normalized spacial score (nSPS) is 21.0. The molecule has 0 bridgehead atoms. The summed E-state index contributed by atoms with van der Waals surface area (Å²) in [5.41, 5.74) is 0.